The molecule has 1 amide bonds. The molecule has 1 aromatic heterocycles. The van der Waals surface area contributed by atoms with Crippen molar-refractivity contribution in [3.05, 3.63) is 77.2 Å². The van der Waals surface area contributed by atoms with Crippen LogP contribution < -0.4 is 14.8 Å². The monoisotopic (exact) mass is 430 g/mol. The van der Waals surface area contributed by atoms with Crippen LogP contribution in [0.5, 0.6) is 5.75 Å². The second-order valence-electron chi connectivity index (χ2n) is 6.61. The minimum absolute atomic E-state index is 0.110. The number of anilines is 1. The van der Waals surface area contributed by atoms with Crippen molar-refractivity contribution in [2.45, 2.75) is 30.7 Å². The van der Waals surface area contributed by atoms with E-state index in [4.69, 9.17) is 4.74 Å². The highest BCUT2D eigenvalue weighted by Crippen LogP contribution is 2.20. The van der Waals surface area contributed by atoms with Crippen molar-refractivity contribution in [2.24, 2.45) is 0 Å². The average molecular weight is 431 g/mol. The molecule has 29 heavy (non-hydrogen) atoms. The van der Waals surface area contributed by atoms with Gasteiger partial charge in [-0.05, 0) is 67.3 Å². The third-order valence-electron chi connectivity index (χ3n) is 3.91. The van der Waals surface area contributed by atoms with E-state index in [0.29, 0.717) is 17.8 Å². The van der Waals surface area contributed by atoms with E-state index < -0.39 is 10.0 Å². The fraction of sp³-hybridized carbons (Fsp3) is 0.190. The molecular weight excluding hydrogens is 408 g/mol. The third kappa shape index (κ3) is 5.82. The number of benzene rings is 2. The van der Waals surface area contributed by atoms with Crippen LogP contribution in [0.15, 0.2) is 70.3 Å². The quantitative estimate of drug-likeness (QED) is 0.559. The van der Waals surface area contributed by atoms with E-state index in [1.807, 2.05) is 38.1 Å². The van der Waals surface area contributed by atoms with E-state index in [1.165, 1.54) is 6.07 Å². The van der Waals surface area contributed by atoms with E-state index in [1.54, 1.807) is 35.7 Å². The van der Waals surface area contributed by atoms with E-state index in [-0.39, 0.29) is 16.2 Å². The minimum atomic E-state index is -3.60. The standard InChI is InChI=1S/C21H22N2O4S2/c1-15(2)27-19-11-5-16(6-12-19)14-22-21(24)17-7-9-18(10-8-17)23-29(25,26)20-4-3-13-28-20/h3-13,15,23H,14H2,1-2H3,(H,22,24). The molecule has 0 saturated heterocycles. The third-order valence-corrected chi connectivity index (χ3v) is 6.69. The van der Waals surface area contributed by atoms with E-state index in [9.17, 15) is 13.2 Å². The summed E-state index contributed by atoms with van der Waals surface area (Å²) in [5, 5.41) is 4.55. The van der Waals surface area contributed by atoms with Crippen molar-refractivity contribution in [1.29, 1.82) is 0 Å². The molecule has 0 atom stereocenters. The Kier molecular flexibility index (Phi) is 6.56. The van der Waals surface area contributed by atoms with Crippen LogP contribution in [0.3, 0.4) is 0 Å². The molecule has 0 aliphatic rings. The van der Waals surface area contributed by atoms with Gasteiger partial charge in [0, 0.05) is 17.8 Å². The number of ether oxygens (including phenoxy) is 1. The minimum Gasteiger partial charge on any atom is -0.491 e. The Hall–Kier alpha value is -2.84. The molecule has 1 heterocycles. The van der Waals surface area contributed by atoms with Gasteiger partial charge in [-0.1, -0.05) is 18.2 Å². The SMILES string of the molecule is CC(C)Oc1ccc(CNC(=O)c2ccc(NS(=O)(=O)c3cccs3)cc2)cc1. The van der Waals surface area contributed by atoms with Crippen LogP contribution in [0.25, 0.3) is 0 Å². The van der Waals surface area contributed by atoms with Gasteiger partial charge in [-0.15, -0.1) is 11.3 Å². The zero-order chi connectivity index (χ0) is 20.9. The second-order valence-corrected chi connectivity index (χ2v) is 9.47. The number of carbonyl (C=O) groups excluding carboxylic acids is 1. The lowest BCUT2D eigenvalue weighted by Gasteiger charge is -2.11. The predicted molar refractivity (Wildman–Crippen MR) is 115 cm³/mol. The Morgan fingerprint density at radius 1 is 1.03 bits per heavy atom. The molecule has 152 valence electrons. The van der Waals surface area contributed by atoms with Crippen LogP contribution in [0, 0.1) is 0 Å². The first kappa shape index (κ1) is 20.9. The van der Waals surface area contributed by atoms with E-state index in [2.05, 4.69) is 10.0 Å². The topological polar surface area (TPSA) is 84.5 Å². The van der Waals surface area contributed by atoms with Crippen LogP contribution in [-0.4, -0.2) is 20.4 Å². The van der Waals surface area contributed by atoms with Crippen LogP contribution in [0.4, 0.5) is 5.69 Å². The molecule has 6 nitrogen and oxygen atoms in total. The summed E-state index contributed by atoms with van der Waals surface area (Å²) < 4.78 is 32.8. The summed E-state index contributed by atoms with van der Waals surface area (Å²) in [6.45, 7) is 4.31. The fourth-order valence-electron chi connectivity index (χ4n) is 2.55. The van der Waals surface area contributed by atoms with E-state index >= 15 is 0 Å². The molecule has 3 rings (SSSR count). The maximum absolute atomic E-state index is 12.3. The Morgan fingerprint density at radius 2 is 1.72 bits per heavy atom. The molecule has 0 bridgehead atoms. The van der Waals surface area contributed by atoms with Crippen LogP contribution in [0.2, 0.25) is 0 Å². The Labute approximate surface area is 174 Å². The largest absolute Gasteiger partial charge is 0.491 e. The predicted octanol–water partition coefficient (Wildman–Crippen LogP) is 4.27. The van der Waals surface area contributed by atoms with Crippen LogP contribution >= 0.6 is 11.3 Å². The molecule has 2 N–H and O–H groups in total. The van der Waals surface area contributed by atoms with Crippen molar-refractivity contribution in [1.82, 2.24) is 5.32 Å². The number of carbonyl (C=O) groups is 1. The van der Waals surface area contributed by atoms with Gasteiger partial charge in [0.15, 0.2) is 0 Å². The lowest BCUT2D eigenvalue weighted by atomic mass is 10.1. The van der Waals surface area contributed by atoms with Crippen molar-refractivity contribution < 1.29 is 17.9 Å². The summed E-state index contributed by atoms with van der Waals surface area (Å²) in [5.74, 6) is 0.552. The lowest BCUT2D eigenvalue weighted by Crippen LogP contribution is -2.22. The van der Waals surface area contributed by atoms with Gasteiger partial charge >= 0.3 is 0 Å². The van der Waals surface area contributed by atoms with E-state index in [0.717, 1.165) is 22.6 Å². The first-order chi connectivity index (χ1) is 13.8. The molecule has 0 saturated carbocycles. The molecular formula is C21H22N2O4S2. The molecule has 8 heteroatoms. The number of nitrogens with one attached hydrogen (secondary N) is 2. The molecule has 0 radical (unpaired) electrons. The molecule has 2 aromatic carbocycles. The van der Waals surface area contributed by atoms with Crippen LogP contribution in [-0.2, 0) is 16.6 Å². The van der Waals surface area contributed by atoms with Crippen LogP contribution in [0.1, 0.15) is 29.8 Å². The number of amides is 1. The lowest BCUT2D eigenvalue weighted by molar-refractivity contribution is 0.0951. The molecule has 0 aliphatic heterocycles. The molecule has 0 fully saturated rings. The number of hydrogen-bond donors (Lipinski definition) is 2. The van der Waals surface area contributed by atoms with Gasteiger partial charge in [-0.2, -0.15) is 0 Å². The summed E-state index contributed by atoms with van der Waals surface area (Å²) in [6, 6.07) is 17.1. The molecule has 0 aliphatic carbocycles. The smallest absolute Gasteiger partial charge is 0.271 e. The maximum atomic E-state index is 12.3. The number of thiophene rings is 1. The first-order valence-electron chi connectivity index (χ1n) is 9.04. The summed E-state index contributed by atoms with van der Waals surface area (Å²) in [5.41, 5.74) is 1.80. The number of hydrogen-bond acceptors (Lipinski definition) is 5. The van der Waals surface area contributed by atoms with Gasteiger partial charge in [-0.25, -0.2) is 8.42 Å². The zero-order valence-corrected chi connectivity index (χ0v) is 17.7. The van der Waals surface area contributed by atoms with Gasteiger partial charge in [-0.3, -0.25) is 9.52 Å². The number of rotatable bonds is 8. The van der Waals surface area contributed by atoms with Crippen molar-refractivity contribution in [3.63, 3.8) is 0 Å². The summed E-state index contributed by atoms with van der Waals surface area (Å²) >= 11 is 1.14. The van der Waals surface area contributed by atoms with Crippen molar-refractivity contribution >= 4 is 33.0 Å². The van der Waals surface area contributed by atoms with Gasteiger partial charge in [0.2, 0.25) is 0 Å². The normalized spacial score (nSPS) is 11.3. The average Bonchev–Trinajstić information content (AvgIpc) is 3.23. The Balaban J connectivity index is 1.56. The molecule has 0 unspecified atom stereocenters. The summed E-state index contributed by atoms with van der Waals surface area (Å²) in [4.78, 5) is 12.3. The zero-order valence-electron chi connectivity index (χ0n) is 16.1. The van der Waals surface area contributed by atoms with Crippen molar-refractivity contribution in [3.8, 4) is 5.75 Å². The first-order valence-corrected chi connectivity index (χ1v) is 11.4. The second kappa shape index (κ2) is 9.11. The van der Waals surface area contributed by atoms with Gasteiger partial charge < -0.3 is 10.1 Å². The highest BCUT2D eigenvalue weighted by Gasteiger charge is 2.15. The Bertz CT molecular complexity index is 1040. The van der Waals surface area contributed by atoms with Gasteiger partial charge in [0.25, 0.3) is 15.9 Å². The summed E-state index contributed by atoms with van der Waals surface area (Å²) in [7, 11) is -3.60. The van der Waals surface area contributed by atoms with Gasteiger partial charge in [0.05, 0.1) is 6.10 Å². The Morgan fingerprint density at radius 3 is 2.31 bits per heavy atom. The highest BCUT2D eigenvalue weighted by molar-refractivity contribution is 7.94. The fourth-order valence-corrected chi connectivity index (χ4v) is 4.61. The maximum Gasteiger partial charge on any atom is 0.271 e. The summed E-state index contributed by atoms with van der Waals surface area (Å²) in [6.07, 6.45) is 0.110. The number of sulfonamides is 1. The molecule has 0 spiro atoms. The van der Waals surface area contributed by atoms with Crippen molar-refractivity contribution in [2.75, 3.05) is 4.72 Å². The van der Waals surface area contributed by atoms with Gasteiger partial charge in [0.1, 0.15) is 9.96 Å². The highest BCUT2D eigenvalue weighted by atomic mass is 32.2. The molecule has 3 aromatic rings.